The topological polar surface area (TPSA) is 34.1 Å². The van der Waals surface area contributed by atoms with Crippen LogP contribution in [0.2, 0.25) is 0 Å². The van der Waals surface area contributed by atoms with Gasteiger partial charge in [-0.2, -0.15) is 0 Å². The first kappa shape index (κ1) is 12.5. The van der Waals surface area contributed by atoms with Gasteiger partial charge in [-0.05, 0) is 17.2 Å². The molecular weight excluding hydrogens is 248 g/mol. The van der Waals surface area contributed by atoms with Crippen LogP contribution < -0.4 is 0 Å². The van der Waals surface area contributed by atoms with Gasteiger partial charge in [0.05, 0.1) is 0 Å². The van der Waals surface area contributed by atoms with Gasteiger partial charge in [-0.15, -0.1) is 0 Å². The highest BCUT2D eigenvalue weighted by Gasteiger charge is 2.31. The van der Waals surface area contributed by atoms with E-state index in [2.05, 4.69) is 0 Å². The number of hydrogen-bond donors (Lipinski definition) is 0. The lowest BCUT2D eigenvalue weighted by Crippen LogP contribution is -2.03. The van der Waals surface area contributed by atoms with Gasteiger partial charge in [0.1, 0.15) is 0 Å². The Balaban J connectivity index is 2.05. The third-order valence-corrected chi connectivity index (χ3v) is 3.71. The van der Waals surface area contributed by atoms with Gasteiger partial charge < -0.3 is 0 Å². The molecule has 0 radical (unpaired) electrons. The molecule has 0 N–H and O–H groups in total. The van der Waals surface area contributed by atoms with Gasteiger partial charge in [0.2, 0.25) is 0 Å². The summed E-state index contributed by atoms with van der Waals surface area (Å²) in [5, 5.41) is 0. The zero-order valence-corrected chi connectivity index (χ0v) is 11.2. The largest absolute Gasteiger partial charge is 0.293 e. The van der Waals surface area contributed by atoms with Crippen LogP contribution in [0.5, 0.6) is 0 Å². The third-order valence-electron chi connectivity index (χ3n) is 3.71. The highest BCUT2D eigenvalue weighted by atomic mass is 16.1. The van der Waals surface area contributed by atoms with Crippen molar-refractivity contribution in [3.63, 3.8) is 0 Å². The van der Waals surface area contributed by atoms with Gasteiger partial charge in [-0.1, -0.05) is 61.5 Å². The molecule has 3 rings (SSSR count). The molecule has 1 aliphatic rings. The SMILES string of the molecule is CC1C(=O)/C(=C/C(=O)c2ccccc2)c2ccccc21. The quantitative estimate of drug-likeness (QED) is 0.611. The summed E-state index contributed by atoms with van der Waals surface area (Å²) in [6.45, 7) is 1.88. The molecule has 2 aromatic rings. The molecule has 0 aromatic heterocycles. The van der Waals surface area contributed by atoms with Gasteiger partial charge in [0.15, 0.2) is 11.6 Å². The smallest absolute Gasteiger partial charge is 0.186 e. The fourth-order valence-corrected chi connectivity index (χ4v) is 2.59. The number of benzene rings is 2. The Labute approximate surface area is 117 Å². The summed E-state index contributed by atoms with van der Waals surface area (Å²) >= 11 is 0. The standard InChI is InChI=1S/C18H14O2/c1-12-14-9-5-6-10-15(14)16(18(12)20)11-17(19)13-7-3-2-4-8-13/h2-12H,1H3/b16-11+. The molecule has 0 saturated carbocycles. The molecule has 0 fully saturated rings. The van der Waals surface area contributed by atoms with Crippen molar-refractivity contribution < 1.29 is 9.59 Å². The Morgan fingerprint density at radius 1 is 1.00 bits per heavy atom. The average Bonchev–Trinajstić information content (AvgIpc) is 2.74. The summed E-state index contributed by atoms with van der Waals surface area (Å²) in [7, 11) is 0. The molecule has 0 amide bonds. The predicted octanol–water partition coefficient (Wildman–Crippen LogP) is 3.64. The first-order chi connectivity index (χ1) is 9.68. The molecule has 98 valence electrons. The summed E-state index contributed by atoms with van der Waals surface area (Å²) in [6.07, 6.45) is 1.47. The molecule has 2 aromatic carbocycles. The van der Waals surface area contributed by atoms with E-state index in [1.807, 2.05) is 49.4 Å². The molecule has 0 bridgehead atoms. The number of rotatable bonds is 2. The molecule has 1 unspecified atom stereocenters. The minimum absolute atomic E-state index is 0.0236. The molecule has 0 saturated heterocycles. The van der Waals surface area contributed by atoms with Crippen molar-refractivity contribution in [2.24, 2.45) is 0 Å². The minimum Gasteiger partial charge on any atom is -0.293 e. The van der Waals surface area contributed by atoms with Crippen LogP contribution in [0.1, 0.15) is 34.3 Å². The number of fused-ring (bicyclic) bond motifs is 1. The summed E-state index contributed by atoms with van der Waals surface area (Å²) in [6, 6.07) is 16.7. The van der Waals surface area contributed by atoms with Gasteiger partial charge >= 0.3 is 0 Å². The van der Waals surface area contributed by atoms with Crippen LogP contribution in [0.4, 0.5) is 0 Å². The van der Waals surface area contributed by atoms with E-state index in [9.17, 15) is 9.59 Å². The van der Waals surface area contributed by atoms with Crippen molar-refractivity contribution in [1.29, 1.82) is 0 Å². The van der Waals surface area contributed by atoms with E-state index in [0.29, 0.717) is 11.1 Å². The Morgan fingerprint density at radius 2 is 1.65 bits per heavy atom. The van der Waals surface area contributed by atoms with Crippen LogP contribution in [0.3, 0.4) is 0 Å². The lowest BCUT2D eigenvalue weighted by molar-refractivity contribution is -0.114. The molecule has 0 aliphatic heterocycles. The van der Waals surface area contributed by atoms with E-state index >= 15 is 0 Å². The second kappa shape index (κ2) is 4.89. The molecule has 0 spiro atoms. The fraction of sp³-hybridized carbons (Fsp3) is 0.111. The zero-order valence-electron chi connectivity index (χ0n) is 11.2. The van der Waals surface area contributed by atoms with Crippen LogP contribution in [0.15, 0.2) is 60.7 Å². The van der Waals surface area contributed by atoms with E-state index in [4.69, 9.17) is 0 Å². The third kappa shape index (κ3) is 1.99. The number of allylic oxidation sites excluding steroid dienone is 2. The monoisotopic (exact) mass is 262 g/mol. The van der Waals surface area contributed by atoms with Crippen molar-refractivity contribution >= 4 is 17.1 Å². The molecule has 2 heteroatoms. The Bertz CT molecular complexity index is 711. The van der Waals surface area contributed by atoms with Crippen molar-refractivity contribution in [2.75, 3.05) is 0 Å². The van der Waals surface area contributed by atoms with E-state index in [0.717, 1.165) is 11.1 Å². The summed E-state index contributed by atoms with van der Waals surface area (Å²) in [4.78, 5) is 24.5. The van der Waals surface area contributed by atoms with E-state index < -0.39 is 0 Å². The van der Waals surface area contributed by atoms with Crippen LogP contribution in [-0.2, 0) is 4.79 Å². The second-order valence-electron chi connectivity index (χ2n) is 4.96. The number of ketones is 2. The van der Waals surface area contributed by atoms with Crippen LogP contribution >= 0.6 is 0 Å². The maximum atomic E-state index is 12.3. The Kier molecular flexibility index (Phi) is 3.07. The highest BCUT2D eigenvalue weighted by molar-refractivity contribution is 6.31. The highest BCUT2D eigenvalue weighted by Crippen LogP contribution is 2.37. The first-order valence-corrected chi connectivity index (χ1v) is 6.63. The molecular formula is C18H14O2. The lowest BCUT2D eigenvalue weighted by Gasteiger charge is -1.99. The normalized spacial score (nSPS) is 19.1. The molecule has 20 heavy (non-hydrogen) atoms. The van der Waals surface area contributed by atoms with Crippen LogP contribution in [0, 0.1) is 0 Å². The molecule has 0 heterocycles. The first-order valence-electron chi connectivity index (χ1n) is 6.63. The maximum Gasteiger partial charge on any atom is 0.186 e. The van der Waals surface area contributed by atoms with Gasteiger partial charge in [0.25, 0.3) is 0 Å². The van der Waals surface area contributed by atoms with Crippen molar-refractivity contribution in [1.82, 2.24) is 0 Å². The summed E-state index contributed by atoms with van der Waals surface area (Å²) in [5.41, 5.74) is 3.02. The zero-order chi connectivity index (χ0) is 14.1. The van der Waals surface area contributed by atoms with Crippen molar-refractivity contribution in [2.45, 2.75) is 12.8 Å². The van der Waals surface area contributed by atoms with Crippen molar-refractivity contribution in [3.8, 4) is 0 Å². The summed E-state index contributed by atoms with van der Waals surface area (Å²) in [5.74, 6) is -0.269. The summed E-state index contributed by atoms with van der Waals surface area (Å²) < 4.78 is 0. The van der Waals surface area contributed by atoms with Gasteiger partial charge in [-0.25, -0.2) is 0 Å². The number of carbonyl (C=O) groups is 2. The average molecular weight is 262 g/mol. The lowest BCUT2D eigenvalue weighted by atomic mass is 10.0. The second-order valence-corrected chi connectivity index (χ2v) is 4.96. The van der Waals surface area contributed by atoms with E-state index in [-0.39, 0.29) is 17.5 Å². The van der Waals surface area contributed by atoms with E-state index in [1.54, 1.807) is 12.1 Å². The number of Topliss-reactive ketones (excluding diaryl/α,β-unsaturated/α-hetero) is 1. The Hall–Kier alpha value is -2.48. The maximum absolute atomic E-state index is 12.3. The van der Waals surface area contributed by atoms with Crippen molar-refractivity contribution in [3.05, 3.63) is 77.4 Å². The molecule has 1 atom stereocenters. The van der Waals surface area contributed by atoms with E-state index in [1.165, 1.54) is 6.08 Å². The van der Waals surface area contributed by atoms with Gasteiger partial charge in [-0.3, -0.25) is 9.59 Å². The fourth-order valence-electron chi connectivity index (χ4n) is 2.59. The predicted molar refractivity (Wildman–Crippen MR) is 78.6 cm³/mol. The van der Waals surface area contributed by atoms with Crippen LogP contribution in [0.25, 0.3) is 5.57 Å². The number of carbonyl (C=O) groups excluding carboxylic acids is 2. The van der Waals surface area contributed by atoms with Gasteiger partial charge in [0, 0.05) is 17.1 Å². The molecule has 1 aliphatic carbocycles. The minimum atomic E-state index is -0.166. The Morgan fingerprint density at radius 3 is 2.40 bits per heavy atom. The van der Waals surface area contributed by atoms with Crippen LogP contribution in [-0.4, -0.2) is 11.6 Å². The number of hydrogen-bond acceptors (Lipinski definition) is 2. The molecule has 2 nitrogen and oxygen atoms in total.